The van der Waals surface area contributed by atoms with Crippen molar-refractivity contribution < 1.29 is 13.9 Å². The van der Waals surface area contributed by atoms with Gasteiger partial charge in [-0.1, -0.05) is 23.7 Å². The second-order valence-corrected chi connectivity index (χ2v) is 5.42. The predicted octanol–water partition coefficient (Wildman–Crippen LogP) is 3.06. The molecule has 0 fully saturated rings. The molecule has 3 rings (SSSR count). The topological polar surface area (TPSA) is 67.2 Å². The van der Waals surface area contributed by atoms with Crippen LogP contribution < -0.4 is 10.9 Å². The van der Waals surface area contributed by atoms with Gasteiger partial charge in [0.1, 0.15) is 0 Å². The van der Waals surface area contributed by atoms with E-state index in [0.717, 1.165) is 10.7 Å². The molecular weight excluding hydrogens is 340 g/mol. The van der Waals surface area contributed by atoms with Crippen molar-refractivity contribution in [2.24, 2.45) is 0 Å². The number of hydrogen-bond donors (Lipinski definition) is 2. The van der Waals surface area contributed by atoms with E-state index in [4.69, 9.17) is 16.7 Å². The minimum absolute atomic E-state index is 0.0562. The first-order valence-electron chi connectivity index (χ1n) is 7.03. The van der Waals surface area contributed by atoms with E-state index in [1.165, 1.54) is 6.20 Å². The number of rotatable bonds is 4. The molecule has 0 aliphatic carbocycles. The van der Waals surface area contributed by atoms with Crippen LogP contribution >= 0.6 is 11.6 Å². The third kappa shape index (κ3) is 2.83. The van der Waals surface area contributed by atoms with Gasteiger partial charge in [-0.25, -0.2) is 13.5 Å². The average molecular weight is 352 g/mol. The van der Waals surface area contributed by atoms with Gasteiger partial charge in [0.15, 0.2) is 11.6 Å². The van der Waals surface area contributed by atoms with Crippen LogP contribution in [-0.4, -0.2) is 21.5 Å². The molecule has 8 heteroatoms. The Labute approximate surface area is 140 Å². The third-order valence-electron chi connectivity index (χ3n) is 3.48. The highest BCUT2D eigenvalue weighted by molar-refractivity contribution is 6.33. The van der Waals surface area contributed by atoms with Crippen LogP contribution in [0.3, 0.4) is 0 Å². The van der Waals surface area contributed by atoms with Crippen LogP contribution in [0, 0.1) is 11.6 Å². The van der Waals surface area contributed by atoms with Gasteiger partial charge in [-0.3, -0.25) is 4.79 Å². The van der Waals surface area contributed by atoms with Gasteiger partial charge in [-0.2, -0.15) is 5.10 Å². The normalized spacial score (nSPS) is 11.0. The van der Waals surface area contributed by atoms with Crippen molar-refractivity contribution in [2.45, 2.75) is 6.54 Å². The van der Waals surface area contributed by atoms with Crippen molar-refractivity contribution in [1.29, 1.82) is 0 Å². The molecule has 1 aromatic heterocycles. The number of halogens is 3. The molecule has 0 atom stereocenters. The van der Waals surface area contributed by atoms with Gasteiger partial charge < -0.3 is 10.4 Å². The summed E-state index contributed by atoms with van der Waals surface area (Å²) in [5, 5.41) is 15.9. The molecule has 24 heavy (non-hydrogen) atoms. The Morgan fingerprint density at radius 3 is 2.75 bits per heavy atom. The lowest BCUT2D eigenvalue weighted by molar-refractivity contribution is 0.266. The Morgan fingerprint density at radius 1 is 1.29 bits per heavy atom. The summed E-state index contributed by atoms with van der Waals surface area (Å²) in [6, 6.07) is 7.41. The second-order valence-electron chi connectivity index (χ2n) is 5.01. The van der Waals surface area contributed by atoms with Crippen molar-refractivity contribution in [3.8, 4) is 0 Å². The number of hydrogen-bond acceptors (Lipinski definition) is 4. The quantitative estimate of drug-likeness (QED) is 0.758. The molecule has 3 aromatic rings. The zero-order chi connectivity index (χ0) is 17.3. The maximum atomic E-state index is 14.3. The van der Waals surface area contributed by atoms with Gasteiger partial charge in [-0.15, -0.1) is 0 Å². The van der Waals surface area contributed by atoms with E-state index in [9.17, 15) is 13.6 Å². The van der Waals surface area contributed by atoms with Gasteiger partial charge in [0.25, 0.3) is 5.56 Å². The van der Waals surface area contributed by atoms with E-state index in [1.54, 1.807) is 24.3 Å². The number of fused-ring (bicyclic) bond motifs is 1. The fraction of sp³-hybridized carbons (Fsp3) is 0.125. The van der Waals surface area contributed by atoms with Crippen LogP contribution in [0.2, 0.25) is 5.02 Å². The van der Waals surface area contributed by atoms with Crippen molar-refractivity contribution in [3.05, 3.63) is 63.5 Å². The molecule has 0 saturated carbocycles. The zero-order valence-electron chi connectivity index (χ0n) is 12.3. The summed E-state index contributed by atoms with van der Waals surface area (Å²) in [5.41, 5.74) is -0.637. The number of aliphatic hydroxyl groups is 1. The maximum Gasteiger partial charge on any atom is 0.276 e. The summed E-state index contributed by atoms with van der Waals surface area (Å²) >= 11 is 6.03. The van der Waals surface area contributed by atoms with Crippen LogP contribution in [0.4, 0.5) is 20.2 Å². The highest BCUT2D eigenvalue weighted by Crippen LogP contribution is 2.31. The fourth-order valence-electron chi connectivity index (χ4n) is 2.36. The molecule has 1 heterocycles. The molecule has 2 aromatic carbocycles. The molecule has 124 valence electrons. The molecule has 2 N–H and O–H groups in total. The molecule has 0 bridgehead atoms. The molecule has 0 amide bonds. The Balaban J connectivity index is 2.28. The number of aliphatic hydroxyl groups excluding tert-OH is 1. The highest BCUT2D eigenvalue weighted by atomic mass is 35.5. The Morgan fingerprint density at radius 2 is 2.04 bits per heavy atom. The lowest BCUT2D eigenvalue weighted by Crippen LogP contribution is -2.25. The van der Waals surface area contributed by atoms with Gasteiger partial charge in [0.2, 0.25) is 0 Å². The molecule has 0 aliphatic heterocycles. The zero-order valence-corrected chi connectivity index (χ0v) is 13.0. The van der Waals surface area contributed by atoms with E-state index in [0.29, 0.717) is 10.7 Å². The first-order valence-corrected chi connectivity index (χ1v) is 7.41. The number of aromatic nitrogens is 2. The lowest BCUT2D eigenvalue weighted by atomic mass is 10.1. The number of nitrogens with zero attached hydrogens (tertiary/aromatic N) is 2. The lowest BCUT2D eigenvalue weighted by Gasteiger charge is -2.13. The standard InChI is InChI=1S/C16H12ClF2N3O2/c17-10-3-1-2-4-12(10)21-15-13-9(7-11(18)14(15)19)8-20-22(5-6-23)16(13)24/h1-4,7-8,21,23H,5-6H2. The molecule has 0 spiro atoms. The molecule has 0 radical (unpaired) electrons. The molecular formula is C16H12ClF2N3O2. The van der Waals surface area contributed by atoms with Gasteiger partial charge in [0, 0.05) is 5.39 Å². The largest absolute Gasteiger partial charge is 0.394 e. The average Bonchev–Trinajstić information content (AvgIpc) is 2.56. The number of para-hydroxylation sites is 1. The smallest absolute Gasteiger partial charge is 0.276 e. The monoisotopic (exact) mass is 351 g/mol. The van der Waals surface area contributed by atoms with E-state index in [2.05, 4.69) is 10.4 Å². The highest BCUT2D eigenvalue weighted by Gasteiger charge is 2.18. The van der Waals surface area contributed by atoms with Gasteiger partial charge >= 0.3 is 0 Å². The molecule has 0 aliphatic rings. The number of benzene rings is 2. The summed E-state index contributed by atoms with van der Waals surface area (Å²) in [5.74, 6) is -2.31. The Kier molecular flexibility index (Phi) is 4.46. The van der Waals surface area contributed by atoms with Crippen LogP contribution in [0.1, 0.15) is 0 Å². The first-order chi connectivity index (χ1) is 11.5. The van der Waals surface area contributed by atoms with Crippen LogP contribution in [-0.2, 0) is 6.54 Å². The van der Waals surface area contributed by atoms with Crippen LogP contribution in [0.15, 0.2) is 41.3 Å². The SMILES string of the molecule is O=c1c2c(Nc3ccccc3Cl)c(F)c(F)cc2cnn1CCO. The van der Waals surface area contributed by atoms with E-state index >= 15 is 0 Å². The van der Waals surface area contributed by atoms with E-state index < -0.39 is 17.2 Å². The summed E-state index contributed by atoms with van der Waals surface area (Å²) in [7, 11) is 0. The van der Waals surface area contributed by atoms with E-state index in [1.807, 2.05) is 0 Å². The van der Waals surface area contributed by atoms with Crippen molar-refractivity contribution in [1.82, 2.24) is 9.78 Å². The Bertz CT molecular complexity index is 975. The summed E-state index contributed by atoms with van der Waals surface area (Å²) in [6.07, 6.45) is 1.24. The Hall–Kier alpha value is -2.51. The summed E-state index contributed by atoms with van der Waals surface area (Å²) in [4.78, 5) is 12.5. The van der Waals surface area contributed by atoms with Crippen molar-refractivity contribution >= 4 is 33.7 Å². The van der Waals surface area contributed by atoms with Crippen molar-refractivity contribution in [3.63, 3.8) is 0 Å². The van der Waals surface area contributed by atoms with E-state index in [-0.39, 0.29) is 29.6 Å². The minimum atomic E-state index is -1.19. The van der Waals surface area contributed by atoms with Crippen LogP contribution in [0.25, 0.3) is 10.8 Å². The second kappa shape index (κ2) is 6.54. The maximum absolute atomic E-state index is 14.3. The third-order valence-corrected chi connectivity index (χ3v) is 3.81. The molecule has 0 saturated heterocycles. The van der Waals surface area contributed by atoms with Crippen molar-refractivity contribution in [2.75, 3.05) is 11.9 Å². The van der Waals surface area contributed by atoms with Gasteiger partial charge in [0.05, 0.1) is 41.1 Å². The van der Waals surface area contributed by atoms with Crippen LogP contribution in [0.5, 0.6) is 0 Å². The minimum Gasteiger partial charge on any atom is -0.394 e. The van der Waals surface area contributed by atoms with Gasteiger partial charge in [-0.05, 0) is 18.2 Å². The first kappa shape index (κ1) is 16.4. The summed E-state index contributed by atoms with van der Waals surface area (Å²) < 4.78 is 29.2. The molecule has 0 unspecified atom stereocenters. The number of anilines is 2. The molecule has 5 nitrogen and oxygen atoms in total. The number of nitrogens with one attached hydrogen (secondary N) is 1. The predicted molar refractivity (Wildman–Crippen MR) is 87.7 cm³/mol. The summed E-state index contributed by atoms with van der Waals surface area (Å²) in [6.45, 7) is -0.366. The fourth-order valence-corrected chi connectivity index (χ4v) is 2.54.